The number of ether oxygens (including phenoxy) is 1. The molecule has 1 fully saturated rings. The van der Waals surface area contributed by atoms with E-state index in [2.05, 4.69) is 10.0 Å². The molecule has 0 aliphatic heterocycles. The van der Waals surface area contributed by atoms with Gasteiger partial charge in [-0.05, 0) is 38.3 Å². The van der Waals surface area contributed by atoms with Crippen LogP contribution in [0.25, 0.3) is 6.08 Å². The van der Waals surface area contributed by atoms with Crippen LogP contribution in [0.15, 0.2) is 35.7 Å². The van der Waals surface area contributed by atoms with E-state index in [0.717, 1.165) is 18.2 Å². The molecule has 2 atom stereocenters. The van der Waals surface area contributed by atoms with Crippen LogP contribution in [0.5, 0.6) is 0 Å². The summed E-state index contributed by atoms with van der Waals surface area (Å²) in [7, 11) is -3.82. The van der Waals surface area contributed by atoms with Crippen molar-refractivity contribution in [2.75, 3.05) is 0 Å². The second-order valence-electron chi connectivity index (χ2n) is 5.96. The van der Waals surface area contributed by atoms with Crippen molar-refractivity contribution in [3.05, 3.63) is 41.3 Å². The summed E-state index contributed by atoms with van der Waals surface area (Å²) in [6.07, 6.45) is 2.30. The molecule has 0 saturated heterocycles. The molecule has 1 aliphatic rings. The summed E-state index contributed by atoms with van der Waals surface area (Å²) in [5.74, 6) is -1.19. The minimum atomic E-state index is -3.82. The number of esters is 1. The van der Waals surface area contributed by atoms with Gasteiger partial charge in [0.2, 0.25) is 10.0 Å². The van der Waals surface area contributed by atoms with E-state index in [1.807, 2.05) is 6.07 Å². The van der Waals surface area contributed by atoms with Crippen LogP contribution in [0.2, 0.25) is 0 Å². The summed E-state index contributed by atoms with van der Waals surface area (Å²) in [6, 6.07) is 7.95. The maximum Gasteiger partial charge on any atom is 0.324 e. The number of nitrogens with one attached hydrogen (secondary N) is 2. The number of benzene rings is 1. The number of hydrogen-bond donors (Lipinski definition) is 2. The summed E-state index contributed by atoms with van der Waals surface area (Å²) < 4.78 is 31.2. The van der Waals surface area contributed by atoms with Gasteiger partial charge in [0.15, 0.2) is 6.10 Å². The lowest BCUT2D eigenvalue weighted by atomic mass is 10.2. The third-order valence-electron chi connectivity index (χ3n) is 3.52. The molecule has 0 radical (unpaired) electrons. The zero-order valence-electron chi connectivity index (χ0n) is 14.1. The van der Waals surface area contributed by atoms with Gasteiger partial charge in [-0.2, -0.15) is 4.72 Å². The van der Waals surface area contributed by atoms with E-state index in [0.29, 0.717) is 5.56 Å². The van der Waals surface area contributed by atoms with Crippen LogP contribution >= 0.6 is 0 Å². The quantitative estimate of drug-likeness (QED) is 0.673. The highest BCUT2D eigenvalue weighted by Gasteiger charge is 2.28. The van der Waals surface area contributed by atoms with Crippen LogP contribution in [0.1, 0.15) is 32.3 Å². The molecule has 8 heteroatoms. The normalized spacial score (nSPS) is 17.0. The maximum absolute atomic E-state index is 12.0. The van der Waals surface area contributed by atoms with E-state index < -0.39 is 28.1 Å². The van der Waals surface area contributed by atoms with E-state index in [1.54, 1.807) is 24.3 Å². The largest absolute Gasteiger partial charge is 0.451 e. The van der Waals surface area contributed by atoms with Gasteiger partial charge in [-0.3, -0.25) is 9.59 Å². The lowest BCUT2D eigenvalue weighted by molar-refractivity contribution is -0.156. The highest BCUT2D eigenvalue weighted by atomic mass is 32.2. The van der Waals surface area contributed by atoms with Crippen molar-refractivity contribution in [2.24, 2.45) is 0 Å². The van der Waals surface area contributed by atoms with Crippen molar-refractivity contribution < 1.29 is 22.7 Å². The molecule has 0 spiro atoms. The van der Waals surface area contributed by atoms with Gasteiger partial charge < -0.3 is 10.1 Å². The molecule has 0 aromatic heterocycles. The smallest absolute Gasteiger partial charge is 0.324 e. The molecular formula is C17H22N2O5S. The van der Waals surface area contributed by atoms with Gasteiger partial charge in [0, 0.05) is 11.4 Å². The minimum absolute atomic E-state index is 0.160. The Labute approximate surface area is 147 Å². The summed E-state index contributed by atoms with van der Waals surface area (Å²) in [4.78, 5) is 23.7. The molecule has 0 heterocycles. The van der Waals surface area contributed by atoms with Crippen LogP contribution in [0.3, 0.4) is 0 Å². The molecule has 136 valence electrons. The molecule has 0 unspecified atom stereocenters. The first-order chi connectivity index (χ1) is 11.8. The van der Waals surface area contributed by atoms with Gasteiger partial charge >= 0.3 is 5.97 Å². The average molecular weight is 366 g/mol. The summed E-state index contributed by atoms with van der Waals surface area (Å²) >= 11 is 0. The van der Waals surface area contributed by atoms with Crippen LogP contribution in [-0.4, -0.2) is 38.5 Å². The van der Waals surface area contributed by atoms with E-state index in [4.69, 9.17) is 4.74 Å². The van der Waals surface area contributed by atoms with Gasteiger partial charge in [-0.1, -0.05) is 30.3 Å². The predicted molar refractivity (Wildman–Crippen MR) is 93.7 cm³/mol. The third-order valence-corrected chi connectivity index (χ3v) is 4.70. The van der Waals surface area contributed by atoms with Crippen molar-refractivity contribution in [3.8, 4) is 0 Å². The Bertz CT molecular complexity index is 742. The van der Waals surface area contributed by atoms with Gasteiger partial charge in [0.05, 0.1) is 0 Å². The SMILES string of the molecule is C[C@H](NS(=O)(=O)/C=C/c1ccccc1)C(=O)O[C@H](C)C(=O)NC1CC1. The minimum Gasteiger partial charge on any atom is -0.451 e. The van der Waals surface area contributed by atoms with Gasteiger partial charge in [-0.15, -0.1) is 0 Å². The molecule has 1 amide bonds. The monoisotopic (exact) mass is 366 g/mol. The average Bonchev–Trinajstić information content (AvgIpc) is 3.37. The van der Waals surface area contributed by atoms with Crippen LogP contribution in [-0.2, 0) is 24.3 Å². The molecule has 1 saturated carbocycles. The highest BCUT2D eigenvalue weighted by Crippen LogP contribution is 2.18. The van der Waals surface area contributed by atoms with Crippen LogP contribution in [0.4, 0.5) is 0 Å². The number of carbonyl (C=O) groups excluding carboxylic acids is 2. The Morgan fingerprint density at radius 3 is 2.44 bits per heavy atom. The lowest BCUT2D eigenvalue weighted by Crippen LogP contribution is -2.43. The molecule has 2 rings (SSSR count). The first-order valence-electron chi connectivity index (χ1n) is 8.03. The summed E-state index contributed by atoms with van der Waals surface area (Å²) in [5, 5.41) is 3.70. The Morgan fingerprint density at radius 1 is 1.20 bits per heavy atom. The molecular weight excluding hydrogens is 344 g/mol. The van der Waals surface area contributed by atoms with E-state index in [-0.39, 0.29) is 11.9 Å². The molecule has 1 aliphatic carbocycles. The standard InChI is InChI=1S/C17H22N2O5S/c1-12(17(21)24-13(2)16(20)18-15-8-9-15)19-25(22,23)11-10-14-6-4-3-5-7-14/h3-7,10-13,15,19H,8-9H2,1-2H3,(H,18,20)/b11-10+/t12-,13+/m0/s1. The highest BCUT2D eigenvalue weighted by molar-refractivity contribution is 7.92. The van der Waals surface area contributed by atoms with Crippen molar-refractivity contribution >= 4 is 28.0 Å². The summed E-state index contributed by atoms with van der Waals surface area (Å²) in [6.45, 7) is 2.81. The Morgan fingerprint density at radius 2 is 1.84 bits per heavy atom. The fourth-order valence-corrected chi connectivity index (χ4v) is 2.95. The zero-order valence-corrected chi connectivity index (χ0v) is 15.0. The topological polar surface area (TPSA) is 102 Å². The van der Waals surface area contributed by atoms with Gasteiger partial charge in [0.25, 0.3) is 5.91 Å². The molecule has 2 N–H and O–H groups in total. The van der Waals surface area contributed by atoms with Gasteiger partial charge in [0.1, 0.15) is 6.04 Å². The predicted octanol–water partition coefficient (Wildman–Crippen LogP) is 1.18. The zero-order chi connectivity index (χ0) is 18.4. The maximum atomic E-state index is 12.0. The Hall–Kier alpha value is -2.19. The van der Waals surface area contributed by atoms with E-state index in [1.165, 1.54) is 19.9 Å². The third kappa shape index (κ3) is 6.67. The van der Waals surface area contributed by atoms with Crippen molar-refractivity contribution in [1.82, 2.24) is 10.0 Å². The fraction of sp³-hybridized carbons (Fsp3) is 0.412. The number of carbonyl (C=O) groups is 2. The Balaban J connectivity index is 1.86. The van der Waals surface area contributed by atoms with Crippen molar-refractivity contribution in [3.63, 3.8) is 0 Å². The first kappa shape index (κ1) is 19.1. The van der Waals surface area contributed by atoms with E-state index in [9.17, 15) is 18.0 Å². The van der Waals surface area contributed by atoms with Crippen LogP contribution in [0, 0.1) is 0 Å². The fourth-order valence-electron chi connectivity index (χ4n) is 1.94. The van der Waals surface area contributed by atoms with Crippen LogP contribution < -0.4 is 10.0 Å². The molecule has 7 nitrogen and oxygen atoms in total. The van der Waals surface area contributed by atoms with Gasteiger partial charge in [-0.25, -0.2) is 8.42 Å². The number of sulfonamides is 1. The molecule has 1 aromatic rings. The number of amides is 1. The summed E-state index contributed by atoms with van der Waals surface area (Å²) in [5.41, 5.74) is 0.716. The molecule has 1 aromatic carbocycles. The second-order valence-corrected chi connectivity index (χ2v) is 7.56. The van der Waals surface area contributed by atoms with Crippen molar-refractivity contribution in [1.29, 1.82) is 0 Å². The molecule has 0 bridgehead atoms. The number of hydrogen-bond acceptors (Lipinski definition) is 5. The van der Waals surface area contributed by atoms with E-state index >= 15 is 0 Å². The second kappa shape index (κ2) is 8.26. The molecule has 25 heavy (non-hydrogen) atoms. The lowest BCUT2D eigenvalue weighted by Gasteiger charge is -2.16. The van der Waals surface area contributed by atoms with Crippen molar-refractivity contribution in [2.45, 2.75) is 44.9 Å². The number of rotatable bonds is 8. The Kier molecular flexibility index (Phi) is 6.33. The first-order valence-corrected chi connectivity index (χ1v) is 9.58.